The number of aryl methyl sites for hydroxylation is 1. The lowest BCUT2D eigenvalue weighted by atomic mass is 9.87. The van der Waals surface area contributed by atoms with E-state index >= 15 is 0 Å². The van der Waals surface area contributed by atoms with Crippen molar-refractivity contribution in [2.24, 2.45) is 0 Å². The van der Waals surface area contributed by atoms with Crippen molar-refractivity contribution in [3.8, 4) is 0 Å². The van der Waals surface area contributed by atoms with Crippen molar-refractivity contribution in [1.82, 2.24) is 10.5 Å². The molecule has 0 fully saturated rings. The van der Waals surface area contributed by atoms with Gasteiger partial charge in [0.05, 0.1) is 0 Å². The lowest BCUT2D eigenvalue weighted by Gasteiger charge is -2.19. The van der Waals surface area contributed by atoms with E-state index in [1.807, 2.05) is 24.3 Å². The minimum Gasteiger partial charge on any atom is -0.360 e. The fraction of sp³-hybridized carbons (Fsp3) is 0.421. The van der Waals surface area contributed by atoms with Crippen LogP contribution in [-0.2, 0) is 10.2 Å². The van der Waals surface area contributed by atoms with Crippen LogP contribution in [0.25, 0.3) is 0 Å². The highest BCUT2D eigenvalue weighted by Gasteiger charge is 2.17. The average molecular weight is 343 g/mol. The Morgan fingerprint density at radius 2 is 1.84 bits per heavy atom. The van der Waals surface area contributed by atoms with Gasteiger partial charge in [-0.25, -0.2) is 0 Å². The summed E-state index contributed by atoms with van der Waals surface area (Å²) in [6.45, 7) is 10.3. The number of rotatable bonds is 5. The van der Waals surface area contributed by atoms with E-state index in [2.05, 4.69) is 31.2 Å². The Morgan fingerprint density at radius 3 is 2.32 bits per heavy atom. The lowest BCUT2D eigenvalue weighted by molar-refractivity contribution is -0.116. The highest BCUT2D eigenvalue weighted by molar-refractivity contribution is 5.94. The minimum absolute atomic E-state index is 0.0483. The summed E-state index contributed by atoms with van der Waals surface area (Å²) in [6.07, 6.45) is 0. The smallest absolute Gasteiger partial charge is 0.251 e. The number of benzene rings is 1. The van der Waals surface area contributed by atoms with Gasteiger partial charge in [-0.1, -0.05) is 38.1 Å². The predicted molar refractivity (Wildman–Crippen MR) is 96.7 cm³/mol. The molecule has 134 valence electrons. The summed E-state index contributed by atoms with van der Waals surface area (Å²) in [5, 5.41) is 6.67. The molecule has 0 spiro atoms. The molecule has 0 radical (unpaired) electrons. The molecule has 1 heterocycles. The Kier molecular flexibility index (Phi) is 5.62. The highest BCUT2D eigenvalue weighted by Crippen LogP contribution is 2.22. The molecule has 0 aliphatic rings. The third-order valence-electron chi connectivity index (χ3n) is 3.91. The van der Waals surface area contributed by atoms with E-state index in [9.17, 15) is 9.59 Å². The van der Waals surface area contributed by atoms with E-state index in [4.69, 9.17) is 4.52 Å². The number of carbonyl (C=O) groups is 2. The van der Waals surface area contributed by atoms with Crippen molar-refractivity contribution in [1.29, 1.82) is 0 Å². The van der Waals surface area contributed by atoms with Crippen LogP contribution in [0.4, 0.5) is 5.82 Å². The number of nitrogens with one attached hydrogen (secondary N) is 1. The van der Waals surface area contributed by atoms with Crippen LogP contribution >= 0.6 is 0 Å². The van der Waals surface area contributed by atoms with Crippen LogP contribution in [0.2, 0.25) is 0 Å². The highest BCUT2D eigenvalue weighted by atomic mass is 16.5. The Bertz CT molecular complexity index is 742. The minimum atomic E-state index is -0.166. The third-order valence-corrected chi connectivity index (χ3v) is 3.91. The quantitative estimate of drug-likeness (QED) is 0.905. The molecule has 2 rings (SSSR count). The standard InChI is InChI=1S/C19H25N3O3/c1-13-12-17(21-25-13)22(14(2)23)11-10-20-18(24)15-6-8-16(9-7-15)19(3,4)5/h6-9,12H,10-11H2,1-5H3,(H,20,24). The summed E-state index contributed by atoms with van der Waals surface area (Å²) in [5.74, 6) is 0.760. The van der Waals surface area contributed by atoms with Crippen LogP contribution in [0.3, 0.4) is 0 Å². The second kappa shape index (κ2) is 7.51. The number of aromatic nitrogens is 1. The zero-order valence-corrected chi connectivity index (χ0v) is 15.4. The van der Waals surface area contributed by atoms with Crippen LogP contribution in [0.5, 0.6) is 0 Å². The Labute approximate surface area is 148 Å². The van der Waals surface area contributed by atoms with Gasteiger partial charge in [-0.2, -0.15) is 0 Å². The molecule has 0 saturated carbocycles. The van der Waals surface area contributed by atoms with Gasteiger partial charge in [0.1, 0.15) is 5.76 Å². The number of anilines is 1. The van der Waals surface area contributed by atoms with Crippen molar-refractivity contribution in [3.05, 3.63) is 47.2 Å². The molecule has 0 bridgehead atoms. The second-order valence-corrected chi connectivity index (χ2v) is 7.05. The zero-order chi connectivity index (χ0) is 18.6. The molecule has 6 heteroatoms. The van der Waals surface area contributed by atoms with Gasteiger partial charge >= 0.3 is 0 Å². The third kappa shape index (κ3) is 4.92. The summed E-state index contributed by atoms with van der Waals surface area (Å²) >= 11 is 0. The molecule has 6 nitrogen and oxygen atoms in total. The van der Waals surface area contributed by atoms with Crippen LogP contribution in [0.1, 0.15) is 49.4 Å². The zero-order valence-electron chi connectivity index (χ0n) is 15.4. The molecule has 1 aromatic heterocycles. The molecule has 1 aromatic carbocycles. The Balaban J connectivity index is 1.94. The van der Waals surface area contributed by atoms with Crippen LogP contribution in [0, 0.1) is 6.92 Å². The van der Waals surface area contributed by atoms with Gasteiger partial charge in [0.25, 0.3) is 5.91 Å². The summed E-state index contributed by atoms with van der Waals surface area (Å²) in [4.78, 5) is 25.5. The second-order valence-electron chi connectivity index (χ2n) is 7.05. The van der Waals surface area contributed by atoms with Gasteiger partial charge in [-0.3, -0.25) is 14.5 Å². The molecule has 0 aliphatic heterocycles. The fourth-order valence-electron chi connectivity index (χ4n) is 2.42. The van der Waals surface area contributed by atoms with E-state index in [0.29, 0.717) is 30.2 Å². The Morgan fingerprint density at radius 1 is 1.20 bits per heavy atom. The molecule has 2 aromatic rings. The maximum absolute atomic E-state index is 12.2. The van der Waals surface area contributed by atoms with E-state index in [0.717, 1.165) is 0 Å². The topological polar surface area (TPSA) is 75.4 Å². The van der Waals surface area contributed by atoms with E-state index in [1.54, 1.807) is 13.0 Å². The maximum Gasteiger partial charge on any atom is 0.251 e. The number of carbonyl (C=O) groups excluding carboxylic acids is 2. The molecule has 1 N–H and O–H groups in total. The summed E-state index contributed by atoms with van der Waals surface area (Å²) in [7, 11) is 0. The van der Waals surface area contributed by atoms with Crippen molar-refractivity contribution in [2.75, 3.05) is 18.0 Å². The maximum atomic E-state index is 12.2. The number of hydrogen-bond acceptors (Lipinski definition) is 4. The molecule has 0 saturated heterocycles. The summed E-state index contributed by atoms with van der Waals surface area (Å²) < 4.78 is 5.00. The SMILES string of the molecule is CC(=O)N(CCNC(=O)c1ccc(C(C)(C)C)cc1)c1cc(C)on1. The van der Waals surface area contributed by atoms with E-state index in [1.165, 1.54) is 17.4 Å². The molecule has 0 aliphatic carbocycles. The van der Waals surface area contributed by atoms with Crippen molar-refractivity contribution in [3.63, 3.8) is 0 Å². The first-order valence-corrected chi connectivity index (χ1v) is 8.28. The average Bonchev–Trinajstić information content (AvgIpc) is 2.96. The van der Waals surface area contributed by atoms with Crippen molar-refractivity contribution >= 4 is 17.6 Å². The number of nitrogens with zero attached hydrogens (tertiary/aromatic N) is 2. The Hall–Kier alpha value is -2.63. The van der Waals surface area contributed by atoms with Crippen LogP contribution < -0.4 is 10.2 Å². The molecule has 25 heavy (non-hydrogen) atoms. The van der Waals surface area contributed by atoms with Gasteiger partial charge < -0.3 is 9.84 Å². The largest absolute Gasteiger partial charge is 0.360 e. The number of amides is 2. The lowest BCUT2D eigenvalue weighted by Crippen LogP contribution is -2.37. The van der Waals surface area contributed by atoms with Crippen molar-refractivity contribution < 1.29 is 14.1 Å². The van der Waals surface area contributed by atoms with Gasteiger partial charge in [0.15, 0.2) is 5.82 Å². The molecule has 2 amide bonds. The molecule has 0 atom stereocenters. The molecule has 0 unspecified atom stereocenters. The monoisotopic (exact) mass is 343 g/mol. The predicted octanol–water partition coefficient (Wildman–Crippen LogP) is 3.06. The first-order chi connectivity index (χ1) is 11.7. The normalized spacial score (nSPS) is 11.2. The fourth-order valence-corrected chi connectivity index (χ4v) is 2.42. The van der Waals surface area contributed by atoms with Crippen molar-refractivity contribution in [2.45, 2.75) is 40.0 Å². The van der Waals surface area contributed by atoms with E-state index < -0.39 is 0 Å². The van der Waals surface area contributed by atoms with Gasteiger partial charge in [-0.05, 0) is 30.0 Å². The van der Waals surface area contributed by atoms with Crippen LogP contribution in [-0.4, -0.2) is 30.1 Å². The first kappa shape index (κ1) is 18.7. The van der Waals surface area contributed by atoms with Crippen LogP contribution in [0.15, 0.2) is 34.9 Å². The van der Waals surface area contributed by atoms with E-state index in [-0.39, 0.29) is 17.2 Å². The summed E-state index contributed by atoms with van der Waals surface area (Å²) in [6, 6.07) is 9.26. The van der Waals surface area contributed by atoms with Gasteiger partial charge in [0.2, 0.25) is 5.91 Å². The molecular formula is C19H25N3O3. The number of hydrogen-bond donors (Lipinski definition) is 1. The van der Waals surface area contributed by atoms with Gasteiger partial charge in [0, 0.05) is 31.6 Å². The first-order valence-electron chi connectivity index (χ1n) is 8.28. The summed E-state index contributed by atoms with van der Waals surface area (Å²) in [5.41, 5.74) is 1.82. The van der Waals surface area contributed by atoms with Gasteiger partial charge in [-0.15, -0.1) is 0 Å². The molecular weight excluding hydrogens is 318 g/mol.